The lowest BCUT2D eigenvalue weighted by Crippen LogP contribution is -1.94. The molecule has 2 rings (SSSR count). The minimum absolute atomic E-state index is 0.0574. The zero-order valence-corrected chi connectivity index (χ0v) is 11.7. The molecule has 0 radical (unpaired) electrons. The highest BCUT2D eigenvalue weighted by Gasteiger charge is 2.03. The lowest BCUT2D eigenvalue weighted by Gasteiger charge is -1.97. The van der Waals surface area contributed by atoms with Crippen molar-refractivity contribution in [1.82, 2.24) is 0 Å². The van der Waals surface area contributed by atoms with E-state index in [1.165, 1.54) is 9.75 Å². The molecule has 0 spiro atoms. The van der Waals surface area contributed by atoms with E-state index in [9.17, 15) is 4.79 Å². The number of benzene rings is 1. The Morgan fingerprint density at radius 1 is 1.17 bits per heavy atom. The summed E-state index contributed by atoms with van der Waals surface area (Å²) >= 11 is 1.76. The lowest BCUT2D eigenvalue weighted by atomic mass is 10.1. The van der Waals surface area contributed by atoms with Crippen molar-refractivity contribution < 1.29 is 4.79 Å². The molecule has 0 N–H and O–H groups in total. The number of aryl methyl sites for hydroxylation is 3. The van der Waals surface area contributed by atoms with Crippen molar-refractivity contribution in [2.24, 2.45) is 0 Å². The Morgan fingerprint density at radius 3 is 2.56 bits per heavy atom. The van der Waals surface area contributed by atoms with E-state index >= 15 is 0 Å². The van der Waals surface area contributed by atoms with E-state index in [1.54, 1.807) is 17.4 Å². The summed E-state index contributed by atoms with van der Waals surface area (Å²) in [5.74, 6) is 0.0574. The molecular weight excluding hydrogens is 240 g/mol. The summed E-state index contributed by atoms with van der Waals surface area (Å²) in [5, 5.41) is 0. The largest absolute Gasteiger partial charge is 0.289 e. The second-order valence-corrected chi connectivity index (χ2v) is 5.90. The van der Waals surface area contributed by atoms with Gasteiger partial charge < -0.3 is 0 Å². The van der Waals surface area contributed by atoms with Crippen molar-refractivity contribution in [3.63, 3.8) is 0 Å². The number of allylic oxidation sites excluding steroid dienone is 1. The number of hydrogen-bond acceptors (Lipinski definition) is 2. The molecule has 0 saturated carbocycles. The number of rotatable bonds is 3. The van der Waals surface area contributed by atoms with Crippen LogP contribution < -0.4 is 0 Å². The molecule has 92 valence electrons. The molecule has 0 amide bonds. The fourth-order valence-electron chi connectivity index (χ4n) is 1.88. The minimum Gasteiger partial charge on any atom is -0.289 e. The normalized spacial score (nSPS) is 11.1. The molecule has 2 aromatic rings. The van der Waals surface area contributed by atoms with E-state index in [0.717, 1.165) is 16.7 Å². The topological polar surface area (TPSA) is 17.1 Å². The average Bonchev–Trinajstić information content (AvgIpc) is 2.65. The van der Waals surface area contributed by atoms with Crippen LogP contribution in [0.3, 0.4) is 0 Å². The van der Waals surface area contributed by atoms with Gasteiger partial charge in [-0.3, -0.25) is 4.79 Å². The first kappa shape index (κ1) is 12.8. The first-order valence-corrected chi connectivity index (χ1v) is 6.74. The third kappa shape index (κ3) is 2.96. The van der Waals surface area contributed by atoms with Crippen molar-refractivity contribution in [3.8, 4) is 0 Å². The Balaban J connectivity index is 2.19. The van der Waals surface area contributed by atoms with E-state index < -0.39 is 0 Å². The predicted octanol–water partition coefficient (Wildman–Crippen LogP) is 4.57. The summed E-state index contributed by atoms with van der Waals surface area (Å²) in [6.07, 6.45) is 3.56. The van der Waals surface area contributed by atoms with Gasteiger partial charge >= 0.3 is 0 Å². The molecule has 1 heterocycles. The minimum atomic E-state index is 0.0574. The number of carbonyl (C=O) groups excluding carboxylic acids is 1. The van der Waals surface area contributed by atoms with Crippen LogP contribution in [0, 0.1) is 20.8 Å². The molecular formula is C16H16OS. The molecule has 0 fully saturated rings. The van der Waals surface area contributed by atoms with Gasteiger partial charge in [-0.25, -0.2) is 0 Å². The maximum Gasteiger partial charge on any atom is 0.185 e. The SMILES string of the molecule is Cc1cccc(C(=O)/C=C/c2cc(C)sc2C)c1. The van der Waals surface area contributed by atoms with Gasteiger partial charge in [-0.15, -0.1) is 11.3 Å². The molecule has 0 unspecified atom stereocenters. The van der Waals surface area contributed by atoms with Gasteiger partial charge in [-0.1, -0.05) is 23.8 Å². The van der Waals surface area contributed by atoms with Crippen LogP contribution in [0.2, 0.25) is 0 Å². The third-order valence-corrected chi connectivity index (χ3v) is 3.78. The quantitative estimate of drug-likeness (QED) is 0.580. The van der Waals surface area contributed by atoms with Gasteiger partial charge in [0.15, 0.2) is 5.78 Å². The highest BCUT2D eigenvalue weighted by atomic mass is 32.1. The Bertz CT molecular complexity index is 605. The molecule has 1 nitrogen and oxygen atoms in total. The van der Waals surface area contributed by atoms with Crippen LogP contribution in [-0.4, -0.2) is 5.78 Å². The molecule has 0 aliphatic rings. The predicted molar refractivity (Wildman–Crippen MR) is 78.3 cm³/mol. The zero-order valence-electron chi connectivity index (χ0n) is 10.9. The van der Waals surface area contributed by atoms with Crippen LogP contribution in [-0.2, 0) is 0 Å². The van der Waals surface area contributed by atoms with Crippen LogP contribution in [0.15, 0.2) is 36.4 Å². The Morgan fingerprint density at radius 2 is 1.94 bits per heavy atom. The molecule has 2 heteroatoms. The second-order valence-electron chi connectivity index (χ2n) is 4.44. The molecule has 0 aliphatic heterocycles. The van der Waals surface area contributed by atoms with Crippen molar-refractivity contribution >= 4 is 23.2 Å². The first-order chi connectivity index (χ1) is 8.56. The van der Waals surface area contributed by atoms with Gasteiger partial charge in [0.05, 0.1) is 0 Å². The van der Waals surface area contributed by atoms with Crippen molar-refractivity contribution in [2.75, 3.05) is 0 Å². The fourth-order valence-corrected chi connectivity index (χ4v) is 2.79. The Labute approximate surface area is 112 Å². The average molecular weight is 256 g/mol. The van der Waals surface area contributed by atoms with E-state index in [4.69, 9.17) is 0 Å². The summed E-state index contributed by atoms with van der Waals surface area (Å²) in [5.41, 5.74) is 2.99. The van der Waals surface area contributed by atoms with Crippen LogP contribution in [0.5, 0.6) is 0 Å². The van der Waals surface area contributed by atoms with Gasteiger partial charge in [0.25, 0.3) is 0 Å². The lowest BCUT2D eigenvalue weighted by molar-refractivity contribution is 0.104. The number of thiophene rings is 1. The molecule has 0 bridgehead atoms. The van der Waals surface area contributed by atoms with Crippen LogP contribution in [0.4, 0.5) is 0 Å². The first-order valence-electron chi connectivity index (χ1n) is 5.92. The Kier molecular flexibility index (Phi) is 3.78. The number of ketones is 1. The van der Waals surface area contributed by atoms with Crippen LogP contribution in [0.25, 0.3) is 6.08 Å². The molecule has 0 aliphatic carbocycles. The van der Waals surface area contributed by atoms with E-state index in [2.05, 4.69) is 19.9 Å². The molecule has 0 atom stereocenters. The van der Waals surface area contributed by atoms with Crippen molar-refractivity contribution in [3.05, 3.63) is 62.9 Å². The fraction of sp³-hybridized carbons (Fsp3) is 0.188. The Hall–Kier alpha value is -1.67. The van der Waals surface area contributed by atoms with Gasteiger partial charge in [0.1, 0.15) is 0 Å². The van der Waals surface area contributed by atoms with E-state index in [1.807, 2.05) is 37.3 Å². The summed E-state index contributed by atoms with van der Waals surface area (Å²) in [6.45, 7) is 6.15. The van der Waals surface area contributed by atoms with Gasteiger partial charge in [-0.05, 0) is 50.6 Å². The van der Waals surface area contributed by atoms with Gasteiger partial charge in [0.2, 0.25) is 0 Å². The van der Waals surface area contributed by atoms with Crippen molar-refractivity contribution in [2.45, 2.75) is 20.8 Å². The zero-order chi connectivity index (χ0) is 13.1. The van der Waals surface area contributed by atoms with Gasteiger partial charge in [0, 0.05) is 15.3 Å². The van der Waals surface area contributed by atoms with Crippen LogP contribution >= 0.6 is 11.3 Å². The molecule has 0 saturated heterocycles. The van der Waals surface area contributed by atoms with E-state index in [-0.39, 0.29) is 5.78 Å². The summed E-state index contributed by atoms with van der Waals surface area (Å²) in [6, 6.07) is 9.78. The summed E-state index contributed by atoms with van der Waals surface area (Å²) in [7, 11) is 0. The maximum atomic E-state index is 12.0. The second kappa shape index (κ2) is 5.32. The number of carbonyl (C=O) groups is 1. The maximum absolute atomic E-state index is 12.0. The van der Waals surface area contributed by atoms with E-state index in [0.29, 0.717) is 0 Å². The van der Waals surface area contributed by atoms with Crippen molar-refractivity contribution in [1.29, 1.82) is 0 Å². The van der Waals surface area contributed by atoms with Crippen LogP contribution in [0.1, 0.15) is 31.2 Å². The molecule has 1 aromatic carbocycles. The third-order valence-electron chi connectivity index (χ3n) is 2.80. The molecule has 18 heavy (non-hydrogen) atoms. The summed E-state index contributed by atoms with van der Waals surface area (Å²) in [4.78, 5) is 14.5. The van der Waals surface area contributed by atoms with Gasteiger partial charge in [-0.2, -0.15) is 0 Å². The summed E-state index contributed by atoms with van der Waals surface area (Å²) < 4.78 is 0. The number of hydrogen-bond donors (Lipinski definition) is 0. The highest BCUT2D eigenvalue weighted by molar-refractivity contribution is 7.12. The standard InChI is InChI=1S/C16H16OS/c1-11-5-4-6-15(9-11)16(17)8-7-14-10-12(2)18-13(14)3/h4-10H,1-3H3/b8-7+. The monoisotopic (exact) mass is 256 g/mol. The molecule has 1 aromatic heterocycles. The highest BCUT2D eigenvalue weighted by Crippen LogP contribution is 2.21. The smallest absolute Gasteiger partial charge is 0.185 e.